The number of methoxy groups -OCH3 is 1. The molecule has 3 N–H and O–H groups in total. The molecule has 3 rings (SSSR count). The lowest BCUT2D eigenvalue weighted by Crippen LogP contribution is -2.46. The number of rotatable bonds is 6. The standard InChI is InChI=1S/C19H21ClN2O5S/c1-11-3-5-16(20)17(7-11)21-19(24)15-10-14(4-6-18(15)27-2)28(25,26)22-12-8-13(23)9-12/h3-7,10,12-13,22-23H,8-9H2,1-2H3,(H,21,24)/t12-,13+. The largest absolute Gasteiger partial charge is 0.496 e. The summed E-state index contributed by atoms with van der Waals surface area (Å²) in [4.78, 5) is 12.7. The topological polar surface area (TPSA) is 105 Å². The van der Waals surface area contributed by atoms with E-state index in [0.29, 0.717) is 23.6 Å². The van der Waals surface area contributed by atoms with Gasteiger partial charge in [0.05, 0.1) is 34.4 Å². The molecule has 0 aliphatic heterocycles. The first-order valence-electron chi connectivity index (χ1n) is 8.65. The SMILES string of the molecule is COc1ccc(S(=O)(=O)N[C@H]2C[C@@H](O)C2)cc1C(=O)Nc1cc(C)ccc1Cl. The zero-order valence-corrected chi connectivity index (χ0v) is 17.0. The number of benzene rings is 2. The van der Waals surface area contributed by atoms with Crippen molar-refractivity contribution in [3.05, 3.63) is 52.5 Å². The van der Waals surface area contributed by atoms with E-state index >= 15 is 0 Å². The van der Waals surface area contributed by atoms with Gasteiger partial charge in [-0.05, 0) is 55.7 Å². The molecule has 28 heavy (non-hydrogen) atoms. The first-order chi connectivity index (χ1) is 13.2. The van der Waals surface area contributed by atoms with Gasteiger partial charge in [-0.2, -0.15) is 0 Å². The predicted octanol–water partition coefficient (Wildman–Crippen LogP) is 2.71. The molecule has 0 radical (unpaired) electrons. The van der Waals surface area contributed by atoms with Gasteiger partial charge in [0, 0.05) is 6.04 Å². The number of anilines is 1. The van der Waals surface area contributed by atoms with Crippen LogP contribution < -0.4 is 14.8 Å². The minimum Gasteiger partial charge on any atom is -0.496 e. The second-order valence-corrected chi connectivity index (χ2v) is 8.86. The third-order valence-electron chi connectivity index (χ3n) is 4.53. The van der Waals surface area contributed by atoms with Crippen LogP contribution in [0.3, 0.4) is 0 Å². The van der Waals surface area contributed by atoms with E-state index in [1.165, 1.54) is 25.3 Å². The number of aliphatic hydroxyl groups is 1. The highest BCUT2D eigenvalue weighted by Gasteiger charge is 2.31. The van der Waals surface area contributed by atoms with Gasteiger partial charge < -0.3 is 15.2 Å². The second kappa shape index (κ2) is 8.08. The molecule has 0 spiro atoms. The molecule has 2 aromatic rings. The van der Waals surface area contributed by atoms with E-state index in [4.69, 9.17) is 16.3 Å². The molecule has 1 amide bonds. The molecular weight excluding hydrogens is 404 g/mol. The molecule has 0 unspecified atom stereocenters. The molecule has 0 bridgehead atoms. The summed E-state index contributed by atoms with van der Waals surface area (Å²) in [6, 6.07) is 8.94. The predicted molar refractivity (Wildman–Crippen MR) is 106 cm³/mol. The Morgan fingerprint density at radius 2 is 1.93 bits per heavy atom. The Morgan fingerprint density at radius 3 is 2.57 bits per heavy atom. The van der Waals surface area contributed by atoms with Gasteiger partial charge in [0.15, 0.2) is 0 Å². The van der Waals surface area contributed by atoms with Crippen molar-refractivity contribution in [3.63, 3.8) is 0 Å². The summed E-state index contributed by atoms with van der Waals surface area (Å²) in [7, 11) is -2.44. The number of hydrogen-bond acceptors (Lipinski definition) is 5. The number of halogens is 1. The minimum atomic E-state index is -3.84. The Morgan fingerprint density at radius 1 is 1.21 bits per heavy atom. The van der Waals surface area contributed by atoms with Crippen LogP contribution in [0.25, 0.3) is 0 Å². The number of hydrogen-bond donors (Lipinski definition) is 3. The van der Waals surface area contributed by atoms with Gasteiger partial charge >= 0.3 is 0 Å². The molecule has 1 saturated carbocycles. The Balaban J connectivity index is 1.88. The first-order valence-corrected chi connectivity index (χ1v) is 10.5. The zero-order valence-electron chi connectivity index (χ0n) is 15.4. The number of carbonyl (C=O) groups is 1. The maximum absolute atomic E-state index is 12.8. The van der Waals surface area contributed by atoms with Crippen LogP contribution in [0.5, 0.6) is 5.75 Å². The fourth-order valence-corrected chi connectivity index (χ4v) is 4.38. The molecule has 2 aromatic carbocycles. The number of aliphatic hydroxyl groups excluding tert-OH is 1. The number of amides is 1. The zero-order chi connectivity index (χ0) is 20.5. The second-order valence-electron chi connectivity index (χ2n) is 6.74. The smallest absolute Gasteiger partial charge is 0.259 e. The fraction of sp³-hybridized carbons (Fsp3) is 0.316. The highest BCUT2D eigenvalue weighted by atomic mass is 35.5. The summed E-state index contributed by atoms with van der Waals surface area (Å²) in [5, 5.41) is 12.4. The van der Waals surface area contributed by atoms with Crippen LogP contribution in [-0.2, 0) is 10.0 Å². The third-order valence-corrected chi connectivity index (χ3v) is 6.38. The quantitative estimate of drug-likeness (QED) is 0.661. The monoisotopic (exact) mass is 424 g/mol. The van der Waals surface area contributed by atoms with Crippen molar-refractivity contribution in [1.29, 1.82) is 0 Å². The third kappa shape index (κ3) is 4.47. The van der Waals surface area contributed by atoms with E-state index in [1.807, 2.05) is 13.0 Å². The highest BCUT2D eigenvalue weighted by Crippen LogP contribution is 2.28. The molecule has 0 atom stereocenters. The van der Waals surface area contributed by atoms with E-state index < -0.39 is 22.0 Å². The molecule has 0 aromatic heterocycles. The number of nitrogens with one attached hydrogen (secondary N) is 2. The van der Waals surface area contributed by atoms with E-state index in [-0.39, 0.29) is 22.3 Å². The van der Waals surface area contributed by atoms with Gasteiger partial charge in [-0.1, -0.05) is 17.7 Å². The summed E-state index contributed by atoms with van der Waals surface area (Å²) in [6.45, 7) is 1.86. The molecule has 1 aliphatic rings. The summed E-state index contributed by atoms with van der Waals surface area (Å²) < 4.78 is 32.9. The summed E-state index contributed by atoms with van der Waals surface area (Å²) in [5.41, 5.74) is 1.40. The molecule has 0 heterocycles. The molecule has 9 heteroatoms. The lowest BCUT2D eigenvalue weighted by Gasteiger charge is -2.31. The number of ether oxygens (including phenoxy) is 1. The molecular formula is C19H21ClN2O5S. The van der Waals surface area contributed by atoms with Crippen molar-refractivity contribution in [2.45, 2.75) is 36.8 Å². The maximum Gasteiger partial charge on any atom is 0.259 e. The Bertz CT molecular complexity index is 1000. The van der Waals surface area contributed by atoms with Gasteiger partial charge in [-0.15, -0.1) is 0 Å². The number of carbonyl (C=O) groups excluding carboxylic acids is 1. The van der Waals surface area contributed by atoms with E-state index in [0.717, 1.165) is 5.56 Å². The first kappa shape index (κ1) is 20.6. The van der Waals surface area contributed by atoms with Crippen LogP contribution in [0.2, 0.25) is 5.02 Å². The van der Waals surface area contributed by atoms with Crippen molar-refractivity contribution in [2.24, 2.45) is 0 Å². The van der Waals surface area contributed by atoms with Crippen LogP contribution in [0, 0.1) is 6.92 Å². The van der Waals surface area contributed by atoms with Crippen LogP contribution in [0.1, 0.15) is 28.8 Å². The average Bonchev–Trinajstić information content (AvgIpc) is 2.62. The van der Waals surface area contributed by atoms with Crippen molar-refractivity contribution >= 4 is 33.2 Å². The van der Waals surface area contributed by atoms with E-state index in [9.17, 15) is 18.3 Å². The normalized spacial score (nSPS) is 19.0. The van der Waals surface area contributed by atoms with Crippen LogP contribution in [0.15, 0.2) is 41.3 Å². The van der Waals surface area contributed by atoms with Crippen molar-refractivity contribution < 1.29 is 23.1 Å². The molecule has 0 saturated heterocycles. The summed E-state index contributed by atoms with van der Waals surface area (Å²) in [6.07, 6.45) is 0.257. The number of sulfonamides is 1. The molecule has 150 valence electrons. The summed E-state index contributed by atoms with van der Waals surface area (Å²) >= 11 is 6.12. The van der Waals surface area contributed by atoms with Crippen LogP contribution in [-0.4, -0.2) is 38.7 Å². The van der Waals surface area contributed by atoms with Crippen LogP contribution >= 0.6 is 11.6 Å². The lowest BCUT2D eigenvalue weighted by molar-refractivity contribution is 0.0712. The van der Waals surface area contributed by atoms with Gasteiger partial charge in [0.2, 0.25) is 10.0 Å². The Kier molecular flexibility index (Phi) is 5.95. The Hall–Kier alpha value is -2.13. The highest BCUT2D eigenvalue weighted by molar-refractivity contribution is 7.89. The fourth-order valence-electron chi connectivity index (χ4n) is 2.93. The van der Waals surface area contributed by atoms with Gasteiger partial charge in [0.1, 0.15) is 5.75 Å². The summed E-state index contributed by atoms with van der Waals surface area (Å²) in [5.74, 6) is -0.306. The number of aryl methyl sites for hydroxylation is 1. The lowest BCUT2D eigenvalue weighted by atomic mass is 9.91. The maximum atomic E-state index is 12.8. The van der Waals surface area contributed by atoms with Gasteiger partial charge in [-0.3, -0.25) is 4.79 Å². The van der Waals surface area contributed by atoms with E-state index in [2.05, 4.69) is 10.0 Å². The van der Waals surface area contributed by atoms with Crippen LogP contribution in [0.4, 0.5) is 5.69 Å². The molecule has 1 aliphatic carbocycles. The Labute approximate surface area is 168 Å². The van der Waals surface area contributed by atoms with Gasteiger partial charge in [-0.25, -0.2) is 13.1 Å². The van der Waals surface area contributed by atoms with Gasteiger partial charge in [0.25, 0.3) is 5.91 Å². The van der Waals surface area contributed by atoms with E-state index in [1.54, 1.807) is 12.1 Å². The van der Waals surface area contributed by atoms with Crippen molar-refractivity contribution in [3.8, 4) is 5.75 Å². The molecule has 1 fully saturated rings. The van der Waals surface area contributed by atoms with Crippen molar-refractivity contribution in [2.75, 3.05) is 12.4 Å². The molecule has 7 nitrogen and oxygen atoms in total. The average molecular weight is 425 g/mol. The van der Waals surface area contributed by atoms with Crippen molar-refractivity contribution in [1.82, 2.24) is 4.72 Å². The minimum absolute atomic E-state index is 0.0600.